The normalized spacial score (nSPS) is 11.9. The van der Waals surface area contributed by atoms with Gasteiger partial charge in [0.2, 0.25) is 5.91 Å². The van der Waals surface area contributed by atoms with Crippen LogP contribution in [0.25, 0.3) is 0 Å². The number of amides is 1. The van der Waals surface area contributed by atoms with E-state index in [2.05, 4.69) is 10.6 Å². The van der Waals surface area contributed by atoms with E-state index < -0.39 is 11.9 Å². The lowest BCUT2D eigenvalue weighted by Crippen LogP contribution is -2.33. The van der Waals surface area contributed by atoms with Crippen molar-refractivity contribution in [1.82, 2.24) is 10.6 Å². The minimum absolute atomic E-state index is 0.0111. The molecule has 0 aliphatic carbocycles. The van der Waals surface area contributed by atoms with Crippen molar-refractivity contribution in [1.29, 1.82) is 0 Å². The van der Waals surface area contributed by atoms with Crippen molar-refractivity contribution in [3.63, 3.8) is 0 Å². The van der Waals surface area contributed by atoms with Crippen LogP contribution in [0.2, 0.25) is 0 Å². The van der Waals surface area contributed by atoms with E-state index in [4.69, 9.17) is 5.11 Å². The van der Waals surface area contributed by atoms with Crippen molar-refractivity contribution in [2.45, 2.75) is 32.7 Å². The fourth-order valence-corrected chi connectivity index (χ4v) is 1.71. The molecule has 1 amide bonds. The summed E-state index contributed by atoms with van der Waals surface area (Å²) in [6.45, 7) is 5.23. The van der Waals surface area contributed by atoms with Crippen molar-refractivity contribution >= 4 is 11.9 Å². The van der Waals surface area contributed by atoms with Crippen LogP contribution in [0.3, 0.4) is 0 Å². The van der Waals surface area contributed by atoms with Gasteiger partial charge in [0, 0.05) is 13.1 Å². The summed E-state index contributed by atoms with van der Waals surface area (Å²) >= 11 is 0. The highest BCUT2D eigenvalue weighted by Gasteiger charge is 2.12. The molecule has 3 N–H and O–H groups in total. The molecule has 0 aliphatic rings. The van der Waals surface area contributed by atoms with Crippen molar-refractivity contribution in [2.24, 2.45) is 0 Å². The molecule has 0 saturated heterocycles. The predicted octanol–water partition coefficient (Wildman–Crippen LogP) is 1.49. The second-order valence-electron chi connectivity index (χ2n) is 4.76. The zero-order valence-corrected chi connectivity index (χ0v) is 12.0. The van der Waals surface area contributed by atoms with Gasteiger partial charge in [-0.1, -0.05) is 31.2 Å². The molecule has 0 radical (unpaired) electrons. The molecule has 1 atom stereocenters. The van der Waals surface area contributed by atoms with Gasteiger partial charge in [-0.05, 0) is 24.5 Å². The van der Waals surface area contributed by atoms with Crippen LogP contribution in [-0.4, -0.2) is 30.1 Å². The van der Waals surface area contributed by atoms with Crippen LogP contribution in [0.15, 0.2) is 24.3 Å². The van der Waals surface area contributed by atoms with E-state index in [-0.39, 0.29) is 12.5 Å². The van der Waals surface area contributed by atoms with Crippen molar-refractivity contribution in [3.8, 4) is 0 Å². The molecule has 0 aliphatic heterocycles. The first-order chi connectivity index (χ1) is 9.54. The van der Waals surface area contributed by atoms with E-state index in [1.807, 2.05) is 31.2 Å². The molecule has 0 bridgehead atoms. The number of hydrogen-bond acceptors (Lipinski definition) is 3. The molecule has 1 rings (SSSR count). The zero-order chi connectivity index (χ0) is 15.0. The number of hydrogen-bond donors (Lipinski definition) is 3. The van der Waals surface area contributed by atoms with Gasteiger partial charge in [0.25, 0.3) is 0 Å². The van der Waals surface area contributed by atoms with Crippen LogP contribution in [0.1, 0.15) is 37.3 Å². The molecule has 1 aromatic rings. The molecule has 5 nitrogen and oxygen atoms in total. The summed E-state index contributed by atoms with van der Waals surface area (Å²) in [6.07, 6.45) is 0.926. The average Bonchev–Trinajstić information content (AvgIpc) is 2.45. The summed E-state index contributed by atoms with van der Waals surface area (Å²) < 4.78 is 0. The summed E-state index contributed by atoms with van der Waals surface area (Å²) in [5, 5.41) is 14.8. The second kappa shape index (κ2) is 8.32. The summed E-state index contributed by atoms with van der Waals surface area (Å²) in [6, 6.07) is 7.39. The van der Waals surface area contributed by atoms with Crippen LogP contribution in [0, 0.1) is 0 Å². The number of nitrogens with one attached hydrogen (secondary N) is 2. The topological polar surface area (TPSA) is 78.4 Å². The van der Waals surface area contributed by atoms with Gasteiger partial charge < -0.3 is 15.7 Å². The Labute approximate surface area is 119 Å². The molecule has 1 unspecified atom stereocenters. The van der Waals surface area contributed by atoms with Crippen molar-refractivity contribution in [3.05, 3.63) is 35.4 Å². The Morgan fingerprint density at radius 1 is 1.25 bits per heavy atom. The molecule has 0 aromatic heterocycles. The molecule has 20 heavy (non-hydrogen) atoms. The molecule has 0 fully saturated rings. The monoisotopic (exact) mass is 278 g/mol. The number of benzene rings is 1. The van der Waals surface area contributed by atoms with Gasteiger partial charge >= 0.3 is 5.97 Å². The van der Waals surface area contributed by atoms with Gasteiger partial charge in [-0.2, -0.15) is 0 Å². The Kier molecular flexibility index (Phi) is 6.73. The van der Waals surface area contributed by atoms with Crippen LogP contribution in [-0.2, 0) is 16.1 Å². The molecule has 5 heteroatoms. The van der Waals surface area contributed by atoms with Crippen LogP contribution >= 0.6 is 0 Å². The van der Waals surface area contributed by atoms with Gasteiger partial charge in [0.1, 0.15) is 0 Å². The quantitative estimate of drug-likeness (QED) is 0.673. The maximum Gasteiger partial charge on any atom is 0.310 e. The predicted molar refractivity (Wildman–Crippen MR) is 77.5 cm³/mol. The highest BCUT2D eigenvalue weighted by atomic mass is 16.4. The fraction of sp³-hybridized carbons (Fsp3) is 0.467. The Hall–Kier alpha value is -1.88. The maximum absolute atomic E-state index is 11.4. The minimum atomic E-state index is -0.830. The molecule has 110 valence electrons. The third kappa shape index (κ3) is 5.40. The van der Waals surface area contributed by atoms with E-state index in [1.165, 1.54) is 0 Å². The molecule has 0 spiro atoms. The average molecular weight is 278 g/mol. The molecular weight excluding hydrogens is 256 g/mol. The van der Waals surface area contributed by atoms with Gasteiger partial charge in [-0.3, -0.25) is 9.59 Å². The zero-order valence-electron chi connectivity index (χ0n) is 12.0. The first-order valence-corrected chi connectivity index (χ1v) is 6.83. The van der Waals surface area contributed by atoms with Crippen molar-refractivity contribution < 1.29 is 14.7 Å². The highest BCUT2D eigenvalue weighted by Crippen LogP contribution is 2.15. The van der Waals surface area contributed by atoms with E-state index in [0.29, 0.717) is 13.1 Å². The maximum atomic E-state index is 11.4. The van der Waals surface area contributed by atoms with E-state index in [9.17, 15) is 9.59 Å². The van der Waals surface area contributed by atoms with Gasteiger partial charge in [-0.25, -0.2) is 0 Å². The van der Waals surface area contributed by atoms with Crippen molar-refractivity contribution in [2.75, 3.05) is 13.1 Å². The minimum Gasteiger partial charge on any atom is -0.481 e. The third-order valence-electron chi connectivity index (χ3n) is 3.04. The van der Waals surface area contributed by atoms with Crippen LogP contribution in [0.5, 0.6) is 0 Å². The third-order valence-corrected chi connectivity index (χ3v) is 3.04. The van der Waals surface area contributed by atoms with Crippen LogP contribution in [0.4, 0.5) is 0 Å². The second-order valence-corrected chi connectivity index (χ2v) is 4.76. The highest BCUT2D eigenvalue weighted by molar-refractivity contribution is 5.78. The largest absolute Gasteiger partial charge is 0.481 e. The van der Waals surface area contributed by atoms with Gasteiger partial charge in [-0.15, -0.1) is 0 Å². The number of rotatable bonds is 8. The number of carbonyl (C=O) groups is 2. The van der Waals surface area contributed by atoms with E-state index >= 15 is 0 Å². The summed E-state index contributed by atoms with van der Waals surface area (Å²) in [4.78, 5) is 22.2. The number of carboxylic acids is 1. The fourth-order valence-electron chi connectivity index (χ4n) is 1.71. The Balaban J connectivity index is 2.38. The summed E-state index contributed by atoms with van der Waals surface area (Å²) in [7, 11) is 0. The summed E-state index contributed by atoms with van der Waals surface area (Å²) in [5.74, 6) is -1.34. The number of carbonyl (C=O) groups excluding carboxylic acids is 1. The lowest BCUT2D eigenvalue weighted by atomic mass is 10.0. The first-order valence-electron chi connectivity index (χ1n) is 6.83. The molecule has 0 saturated carbocycles. The van der Waals surface area contributed by atoms with Gasteiger partial charge in [0.15, 0.2) is 0 Å². The first kappa shape index (κ1) is 16.2. The van der Waals surface area contributed by atoms with E-state index in [0.717, 1.165) is 17.5 Å². The van der Waals surface area contributed by atoms with E-state index in [1.54, 1.807) is 6.92 Å². The lowest BCUT2D eigenvalue weighted by molar-refractivity contribution is -0.138. The Morgan fingerprint density at radius 3 is 2.45 bits per heavy atom. The molecular formula is C15H22N2O3. The smallest absolute Gasteiger partial charge is 0.310 e. The number of carboxylic acid groups (broad SMARTS) is 1. The standard InChI is InChI=1S/C15H22N2O3/c1-3-8-17-14(18)10-16-9-12-4-6-13(7-5-12)11(2)15(19)20/h4-7,11,16H,3,8-10H2,1-2H3,(H,17,18)(H,19,20). The lowest BCUT2D eigenvalue weighted by Gasteiger charge is -2.09. The molecule has 0 heterocycles. The van der Waals surface area contributed by atoms with Crippen LogP contribution < -0.4 is 10.6 Å². The Morgan fingerprint density at radius 2 is 1.90 bits per heavy atom. The number of aliphatic carboxylic acids is 1. The molecule has 1 aromatic carbocycles. The summed E-state index contributed by atoms with van der Waals surface area (Å²) in [5.41, 5.74) is 1.80. The SMILES string of the molecule is CCCNC(=O)CNCc1ccc(C(C)C(=O)O)cc1. The van der Waals surface area contributed by atoms with Gasteiger partial charge in [0.05, 0.1) is 12.5 Å². The Bertz CT molecular complexity index is 443.